The summed E-state index contributed by atoms with van der Waals surface area (Å²) in [6.07, 6.45) is 1.10. The van der Waals surface area contributed by atoms with Crippen molar-refractivity contribution in [2.45, 2.75) is 46.2 Å². The first-order valence-corrected chi connectivity index (χ1v) is 6.60. The summed E-state index contributed by atoms with van der Waals surface area (Å²) in [6.45, 7) is 10.1. The SMILES string of the molecule is CCOCC(C)NC(C)c1ccc(CC)cc1. The monoisotopic (exact) mass is 235 g/mol. The zero-order chi connectivity index (χ0) is 12.7. The van der Waals surface area contributed by atoms with Gasteiger partial charge in [0, 0.05) is 18.7 Å². The van der Waals surface area contributed by atoms with Crippen LogP contribution in [0.2, 0.25) is 0 Å². The second-order valence-corrected chi connectivity index (χ2v) is 4.54. The zero-order valence-corrected chi connectivity index (χ0v) is 11.5. The first-order chi connectivity index (χ1) is 8.17. The molecule has 1 aromatic carbocycles. The number of benzene rings is 1. The molecular weight excluding hydrogens is 210 g/mol. The Kier molecular flexibility index (Phi) is 6.23. The van der Waals surface area contributed by atoms with Crippen molar-refractivity contribution >= 4 is 0 Å². The number of ether oxygens (including phenoxy) is 1. The number of hydrogen-bond donors (Lipinski definition) is 1. The highest BCUT2D eigenvalue weighted by atomic mass is 16.5. The van der Waals surface area contributed by atoms with Crippen LogP contribution in [0.25, 0.3) is 0 Å². The summed E-state index contributed by atoms with van der Waals surface area (Å²) in [7, 11) is 0. The van der Waals surface area contributed by atoms with Crippen molar-refractivity contribution in [3.63, 3.8) is 0 Å². The number of aryl methyl sites for hydroxylation is 1. The largest absolute Gasteiger partial charge is 0.380 e. The summed E-state index contributed by atoms with van der Waals surface area (Å²) in [5.41, 5.74) is 2.73. The topological polar surface area (TPSA) is 21.3 Å². The van der Waals surface area contributed by atoms with Gasteiger partial charge in [-0.25, -0.2) is 0 Å². The predicted octanol–water partition coefficient (Wildman–Crippen LogP) is 3.32. The van der Waals surface area contributed by atoms with Crippen LogP contribution in [0.15, 0.2) is 24.3 Å². The van der Waals surface area contributed by atoms with Gasteiger partial charge in [0.15, 0.2) is 0 Å². The Hall–Kier alpha value is -0.860. The zero-order valence-electron chi connectivity index (χ0n) is 11.5. The Labute approximate surface area is 105 Å². The molecule has 0 aromatic heterocycles. The van der Waals surface area contributed by atoms with E-state index in [1.165, 1.54) is 11.1 Å². The summed E-state index contributed by atoms with van der Waals surface area (Å²) in [4.78, 5) is 0. The van der Waals surface area contributed by atoms with E-state index in [9.17, 15) is 0 Å². The lowest BCUT2D eigenvalue weighted by atomic mass is 10.0. The molecule has 0 aliphatic heterocycles. The summed E-state index contributed by atoms with van der Waals surface area (Å²) in [5, 5.41) is 3.54. The van der Waals surface area contributed by atoms with Crippen LogP contribution in [0, 0.1) is 0 Å². The van der Waals surface area contributed by atoms with Crippen LogP contribution >= 0.6 is 0 Å². The van der Waals surface area contributed by atoms with Crippen molar-refractivity contribution in [2.75, 3.05) is 13.2 Å². The highest BCUT2D eigenvalue weighted by Crippen LogP contribution is 2.14. The number of hydrogen-bond acceptors (Lipinski definition) is 2. The quantitative estimate of drug-likeness (QED) is 0.782. The molecule has 1 aromatic rings. The number of nitrogens with one attached hydrogen (secondary N) is 1. The van der Waals surface area contributed by atoms with Crippen molar-refractivity contribution in [1.29, 1.82) is 0 Å². The van der Waals surface area contributed by atoms with Crippen molar-refractivity contribution in [3.05, 3.63) is 35.4 Å². The summed E-state index contributed by atoms with van der Waals surface area (Å²) in [6, 6.07) is 9.60. The molecule has 0 fully saturated rings. The van der Waals surface area contributed by atoms with Crippen LogP contribution in [0.1, 0.15) is 44.9 Å². The third-order valence-electron chi connectivity index (χ3n) is 2.99. The Morgan fingerprint density at radius 2 is 1.76 bits per heavy atom. The molecule has 0 aliphatic carbocycles. The normalized spacial score (nSPS) is 14.6. The third kappa shape index (κ3) is 4.88. The Bertz CT molecular complexity index is 307. The molecular formula is C15H25NO. The van der Waals surface area contributed by atoms with Gasteiger partial charge in [-0.05, 0) is 38.3 Å². The lowest BCUT2D eigenvalue weighted by Gasteiger charge is -2.20. The van der Waals surface area contributed by atoms with Gasteiger partial charge >= 0.3 is 0 Å². The molecule has 17 heavy (non-hydrogen) atoms. The van der Waals surface area contributed by atoms with E-state index in [2.05, 4.69) is 50.4 Å². The Balaban J connectivity index is 2.47. The maximum absolute atomic E-state index is 5.41. The predicted molar refractivity (Wildman–Crippen MR) is 73.3 cm³/mol. The maximum Gasteiger partial charge on any atom is 0.0616 e. The molecule has 0 radical (unpaired) electrons. The average molecular weight is 235 g/mol. The second-order valence-electron chi connectivity index (χ2n) is 4.54. The van der Waals surface area contributed by atoms with Gasteiger partial charge in [-0.15, -0.1) is 0 Å². The fourth-order valence-electron chi connectivity index (χ4n) is 1.91. The van der Waals surface area contributed by atoms with Crippen LogP contribution in [-0.4, -0.2) is 19.3 Å². The molecule has 0 aliphatic rings. The molecule has 0 saturated heterocycles. The molecule has 0 saturated carbocycles. The van der Waals surface area contributed by atoms with E-state index in [0.29, 0.717) is 12.1 Å². The lowest BCUT2D eigenvalue weighted by molar-refractivity contribution is 0.124. The van der Waals surface area contributed by atoms with Gasteiger partial charge in [-0.3, -0.25) is 0 Å². The third-order valence-corrected chi connectivity index (χ3v) is 2.99. The molecule has 0 bridgehead atoms. The van der Waals surface area contributed by atoms with E-state index >= 15 is 0 Å². The molecule has 2 unspecified atom stereocenters. The molecule has 0 heterocycles. The maximum atomic E-state index is 5.41. The molecule has 2 nitrogen and oxygen atoms in total. The van der Waals surface area contributed by atoms with Crippen LogP contribution in [0.3, 0.4) is 0 Å². The second kappa shape index (κ2) is 7.46. The summed E-state index contributed by atoms with van der Waals surface area (Å²) in [5.74, 6) is 0. The van der Waals surface area contributed by atoms with Crippen molar-refractivity contribution in [3.8, 4) is 0 Å². The van der Waals surface area contributed by atoms with Crippen LogP contribution < -0.4 is 5.32 Å². The van der Waals surface area contributed by atoms with Crippen LogP contribution in [0.4, 0.5) is 0 Å². The molecule has 2 heteroatoms. The first kappa shape index (κ1) is 14.2. The van der Waals surface area contributed by atoms with Gasteiger partial charge in [0.25, 0.3) is 0 Å². The van der Waals surface area contributed by atoms with Gasteiger partial charge < -0.3 is 10.1 Å². The fraction of sp³-hybridized carbons (Fsp3) is 0.600. The summed E-state index contributed by atoms with van der Waals surface area (Å²) < 4.78 is 5.41. The molecule has 1 N–H and O–H groups in total. The van der Waals surface area contributed by atoms with E-state index in [-0.39, 0.29) is 0 Å². The van der Waals surface area contributed by atoms with Crippen LogP contribution in [0.5, 0.6) is 0 Å². The minimum atomic E-state index is 0.372. The van der Waals surface area contributed by atoms with E-state index < -0.39 is 0 Å². The molecule has 96 valence electrons. The van der Waals surface area contributed by atoms with Gasteiger partial charge in [0.05, 0.1) is 6.61 Å². The van der Waals surface area contributed by atoms with Gasteiger partial charge in [-0.2, -0.15) is 0 Å². The van der Waals surface area contributed by atoms with E-state index in [0.717, 1.165) is 19.6 Å². The lowest BCUT2D eigenvalue weighted by Crippen LogP contribution is -2.32. The minimum Gasteiger partial charge on any atom is -0.380 e. The highest BCUT2D eigenvalue weighted by molar-refractivity contribution is 5.24. The fourth-order valence-corrected chi connectivity index (χ4v) is 1.91. The molecule has 0 spiro atoms. The standard InChI is InChI=1S/C15H25NO/c1-5-14-7-9-15(10-8-14)13(4)16-12(3)11-17-6-2/h7-10,12-13,16H,5-6,11H2,1-4H3. The molecule has 1 rings (SSSR count). The Morgan fingerprint density at radius 3 is 2.29 bits per heavy atom. The highest BCUT2D eigenvalue weighted by Gasteiger charge is 2.09. The van der Waals surface area contributed by atoms with Crippen LogP contribution in [-0.2, 0) is 11.2 Å². The summed E-state index contributed by atoms with van der Waals surface area (Å²) >= 11 is 0. The average Bonchev–Trinajstić information content (AvgIpc) is 2.36. The van der Waals surface area contributed by atoms with Gasteiger partial charge in [0.1, 0.15) is 0 Å². The van der Waals surface area contributed by atoms with Gasteiger partial charge in [0.2, 0.25) is 0 Å². The van der Waals surface area contributed by atoms with Crippen molar-refractivity contribution < 1.29 is 4.74 Å². The molecule has 0 amide bonds. The van der Waals surface area contributed by atoms with E-state index in [1.54, 1.807) is 0 Å². The van der Waals surface area contributed by atoms with Gasteiger partial charge in [-0.1, -0.05) is 31.2 Å². The van der Waals surface area contributed by atoms with Crippen molar-refractivity contribution in [2.24, 2.45) is 0 Å². The van der Waals surface area contributed by atoms with E-state index in [4.69, 9.17) is 4.74 Å². The Morgan fingerprint density at radius 1 is 1.12 bits per heavy atom. The van der Waals surface area contributed by atoms with Crippen molar-refractivity contribution in [1.82, 2.24) is 5.32 Å². The molecule has 2 atom stereocenters. The number of rotatable bonds is 7. The smallest absolute Gasteiger partial charge is 0.0616 e. The minimum absolute atomic E-state index is 0.372. The first-order valence-electron chi connectivity index (χ1n) is 6.60. The van der Waals surface area contributed by atoms with E-state index in [1.807, 2.05) is 6.92 Å².